The van der Waals surface area contributed by atoms with Crippen LogP contribution in [0.3, 0.4) is 0 Å². The first kappa shape index (κ1) is 20.6. The van der Waals surface area contributed by atoms with Crippen LogP contribution in [0.25, 0.3) is 11.2 Å². The van der Waals surface area contributed by atoms with Gasteiger partial charge in [-0.3, -0.25) is 4.98 Å². The largest absolute Gasteiger partial charge is 0.364 e. The second-order valence-electron chi connectivity index (χ2n) is 8.47. The number of sulfonamides is 1. The Morgan fingerprint density at radius 1 is 0.968 bits per heavy atom. The molecule has 1 aliphatic carbocycles. The molecular formula is C23H28N4O3S. The minimum Gasteiger partial charge on any atom is -0.364 e. The summed E-state index contributed by atoms with van der Waals surface area (Å²) in [7, 11) is -3.45. The van der Waals surface area contributed by atoms with Gasteiger partial charge in [-0.1, -0.05) is 31.4 Å². The molecule has 1 N–H and O–H groups in total. The van der Waals surface area contributed by atoms with Crippen LogP contribution in [0.15, 0.2) is 47.6 Å². The molecule has 5 rings (SSSR count). The number of aromatic amines is 1. The highest BCUT2D eigenvalue weighted by molar-refractivity contribution is 7.89. The summed E-state index contributed by atoms with van der Waals surface area (Å²) in [4.78, 5) is 12.4. The van der Waals surface area contributed by atoms with Gasteiger partial charge in [-0.05, 0) is 49.4 Å². The average Bonchev–Trinajstić information content (AvgIpc) is 3.48. The van der Waals surface area contributed by atoms with Gasteiger partial charge in [0.25, 0.3) is 0 Å². The van der Waals surface area contributed by atoms with E-state index in [9.17, 15) is 8.42 Å². The van der Waals surface area contributed by atoms with Gasteiger partial charge in [0, 0.05) is 25.5 Å². The van der Waals surface area contributed by atoms with Gasteiger partial charge < -0.3 is 9.72 Å². The molecule has 2 aromatic heterocycles. The number of nitrogens with zero attached hydrogens (tertiary/aromatic N) is 3. The Balaban J connectivity index is 1.45. The van der Waals surface area contributed by atoms with E-state index in [1.54, 1.807) is 28.8 Å². The minimum atomic E-state index is -3.45. The van der Waals surface area contributed by atoms with Crippen molar-refractivity contribution in [1.82, 2.24) is 19.3 Å². The molecule has 2 aliphatic rings. The summed E-state index contributed by atoms with van der Waals surface area (Å²) in [6.45, 7) is 1.21. The third-order valence-electron chi connectivity index (χ3n) is 6.33. The van der Waals surface area contributed by atoms with E-state index in [1.165, 1.54) is 12.8 Å². The minimum absolute atomic E-state index is 0.203. The molecule has 0 bridgehead atoms. The summed E-state index contributed by atoms with van der Waals surface area (Å²) in [6.07, 6.45) is 10.6. The SMILES string of the molecule is O=S(=O)(c1ccc(C(OC2CCCC2)c2cc3nccnc3[nH]2)cc1)N1CCCCC1. The maximum absolute atomic E-state index is 13.0. The quantitative estimate of drug-likeness (QED) is 0.621. The van der Waals surface area contributed by atoms with Gasteiger partial charge in [-0.2, -0.15) is 4.31 Å². The Morgan fingerprint density at radius 2 is 1.68 bits per heavy atom. The molecule has 1 atom stereocenters. The number of ether oxygens (including phenoxy) is 1. The zero-order valence-electron chi connectivity index (χ0n) is 17.5. The summed E-state index contributed by atoms with van der Waals surface area (Å²) >= 11 is 0. The highest BCUT2D eigenvalue weighted by Gasteiger charge is 2.28. The molecule has 0 spiro atoms. The van der Waals surface area contributed by atoms with Gasteiger partial charge in [0.2, 0.25) is 10.0 Å². The molecule has 2 fully saturated rings. The smallest absolute Gasteiger partial charge is 0.243 e. The number of H-pyrrole nitrogens is 1. The van der Waals surface area contributed by atoms with Gasteiger partial charge in [-0.25, -0.2) is 13.4 Å². The topological polar surface area (TPSA) is 88.2 Å². The number of rotatable bonds is 6. The van der Waals surface area contributed by atoms with Crippen molar-refractivity contribution in [2.75, 3.05) is 13.1 Å². The highest BCUT2D eigenvalue weighted by Crippen LogP contribution is 2.33. The third-order valence-corrected chi connectivity index (χ3v) is 8.24. The van der Waals surface area contributed by atoms with E-state index in [0.717, 1.165) is 54.5 Å². The van der Waals surface area contributed by atoms with E-state index >= 15 is 0 Å². The Labute approximate surface area is 182 Å². The molecule has 1 saturated carbocycles. The summed E-state index contributed by atoms with van der Waals surface area (Å²) < 4.78 is 34.1. The molecule has 164 valence electrons. The monoisotopic (exact) mass is 440 g/mol. The zero-order chi connectivity index (χ0) is 21.3. The molecule has 3 heterocycles. The van der Waals surface area contributed by atoms with Crippen LogP contribution in [0.4, 0.5) is 0 Å². The maximum Gasteiger partial charge on any atom is 0.243 e. The molecule has 1 saturated heterocycles. The standard InChI is InChI=1S/C23H28N4O3S/c28-31(29,27-14-4-1-5-15-27)19-10-8-17(9-11-19)22(30-18-6-2-3-7-18)20-16-21-23(26-20)25-13-12-24-21/h8-13,16,18,22H,1-7,14-15H2,(H,25,26). The van der Waals surface area contributed by atoms with E-state index < -0.39 is 10.0 Å². The lowest BCUT2D eigenvalue weighted by molar-refractivity contribution is 0.0110. The number of benzene rings is 1. The van der Waals surface area contributed by atoms with Crippen molar-refractivity contribution >= 4 is 21.2 Å². The molecular weight excluding hydrogens is 412 g/mol. The zero-order valence-corrected chi connectivity index (χ0v) is 18.4. The Hall–Kier alpha value is -2.29. The molecule has 7 nitrogen and oxygen atoms in total. The third kappa shape index (κ3) is 4.24. The Bertz CT molecular complexity index is 1100. The number of fused-ring (bicyclic) bond motifs is 1. The van der Waals surface area contributed by atoms with Crippen molar-refractivity contribution in [3.8, 4) is 0 Å². The molecule has 1 aromatic carbocycles. The number of nitrogens with one attached hydrogen (secondary N) is 1. The van der Waals surface area contributed by atoms with E-state index in [4.69, 9.17) is 4.74 Å². The van der Waals surface area contributed by atoms with Crippen LogP contribution in [-0.2, 0) is 14.8 Å². The normalized spacial score (nSPS) is 19.7. The van der Waals surface area contributed by atoms with Crippen LogP contribution >= 0.6 is 0 Å². The molecule has 3 aromatic rings. The van der Waals surface area contributed by atoms with Crippen LogP contribution in [0.2, 0.25) is 0 Å². The maximum atomic E-state index is 13.0. The summed E-state index contributed by atoms with van der Waals surface area (Å²) in [5.41, 5.74) is 3.33. The summed E-state index contributed by atoms with van der Waals surface area (Å²) in [5, 5.41) is 0. The first-order chi connectivity index (χ1) is 15.1. The van der Waals surface area contributed by atoms with Crippen molar-refractivity contribution in [2.24, 2.45) is 0 Å². The molecule has 1 aliphatic heterocycles. The van der Waals surface area contributed by atoms with Crippen LogP contribution in [0.1, 0.15) is 62.3 Å². The van der Waals surface area contributed by atoms with Crippen molar-refractivity contribution in [1.29, 1.82) is 0 Å². The van der Waals surface area contributed by atoms with Gasteiger partial charge in [0.1, 0.15) is 11.6 Å². The first-order valence-corrected chi connectivity index (χ1v) is 12.6. The van der Waals surface area contributed by atoms with Crippen LogP contribution in [0, 0.1) is 0 Å². The fourth-order valence-electron chi connectivity index (χ4n) is 4.63. The first-order valence-electron chi connectivity index (χ1n) is 11.2. The van der Waals surface area contributed by atoms with Crippen molar-refractivity contribution in [2.45, 2.75) is 62.0 Å². The molecule has 1 unspecified atom stereocenters. The van der Waals surface area contributed by atoms with Crippen molar-refractivity contribution in [3.05, 3.63) is 54.0 Å². The van der Waals surface area contributed by atoms with E-state index in [-0.39, 0.29) is 12.2 Å². The number of piperidine rings is 1. The van der Waals surface area contributed by atoms with Gasteiger partial charge in [-0.15, -0.1) is 0 Å². The van der Waals surface area contributed by atoms with Gasteiger partial charge in [0.15, 0.2) is 5.65 Å². The Kier molecular flexibility index (Phi) is 5.77. The summed E-state index contributed by atoms with van der Waals surface area (Å²) in [5.74, 6) is 0. The molecule has 31 heavy (non-hydrogen) atoms. The van der Waals surface area contributed by atoms with E-state index in [0.29, 0.717) is 18.0 Å². The average molecular weight is 441 g/mol. The number of hydrogen-bond acceptors (Lipinski definition) is 5. The molecule has 0 amide bonds. The van der Waals surface area contributed by atoms with Crippen LogP contribution in [0.5, 0.6) is 0 Å². The predicted molar refractivity (Wildman–Crippen MR) is 118 cm³/mol. The van der Waals surface area contributed by atoms with E-state index in [1.807, 2.05) is 18.2 Å². The van der Waals surface area contributed by atoms with Crippen LogP contribution in [-0.4, -0.2) is 46.9 Å². The lowest BCUT2D eigenvalue weighted by Crippen LogP contribution is -2.35. The fourth-order valence-corrected chi connectivity index (χ4v) is 6.15. The lowest BCUT2D eigenvalue weighted by atomic mass is 10.1. The van der Waals surface area contributed by atoms with Crippen molar-refractivity contribution < 1.29 is 13.2 Å². The van der Waals surface area contributed by atoms with E-state index in [2.05, 4.69) is 15.0 Å². The van der Waals surface area contributed by atoms with Gasteiger partial charge >= 0.3 is 0 Å². The molecule has 8 heteroatoms. The lowest BCUT2D eigenvalue weighted by Gasteiger charge is -2.26. The second-order valence-corrected chi connectivity index (χ2v) is 10.4. The Morgan fingerprint density at radius 3 is 2.39 bits per heavy atom. The predicted octanol–water partition coefficient (Wildman–Crippen LogP) is 4.18. The second kappa shape index (κ2) is 8.68. The molecule has 0 radical (unpaired) electrons. The summed E-state index contributed by atoms with van der Waals surface area (Å²) in [6, 6.07) is 9.15. The number of hydrogen-bond donors (Lipinski definition) is 1. The van der Waals surface area contributed by atoms with Crippen LogP contribution < -0.4 is 0 Å². The number of aromatic nitrogens is 3. The van der Waals surface area contributed by atoms with Gasteiger partial charge in [0.05, 0.1) is 16.7 Å². The highest BCUT2D eigenvalue weighted by atomic mass is 32.2. The fraction of sp³-hybridized carbons (Fsp3) is 0.478. The van der Waals surface area contributed by atoms with Crippen molar-refractivity contribution in [3.63, 3.8) is 0 Å².